The largest absolute Gasteiger partial charge is 0.854 e. The van der Waals surface area contributed by atoms with Gasteiger partial charge in [-0.15, -0.1) is 6.61 Å². The smallest absolute Gasteiger partial charge is 0.0536 e. The van der Waals surface area contributed by atoms with Crippen LogP contribution in [0.1, 0.15) is 32.6 Å². The van der Waals surface area contributed by atoms with Gasteiger partial charge in [-0.3, -0.25) is 0 Å². The van der Waals surface area contributed by atoms with E-state index in [1.807, 2.05) is 0 Å². The van der Waals surface area contributed by atoms with Crippen molar-refractivity contribution in [1.82, 2.24) is 0 Å². The molecule has 0 spiro atoms. The zero-order valence-electron chi connectivity index (χ0n) is 4.94. The summed E-state index contributed by atoms with van der Waals surface area (Å²) >= 11 is 0. The quantitative estimate of drug-likeness (QED) is 0.483. The van der Waals surface area contributed by atoms with Crippen LogP contribution in [0.5, 0.6) is 0 Å². The van der Waals surface area contributed by atoms with Crippen LogP contribution in [0.15, 0.2) is 0 Å². The molecule has 0 heterocycles. The van der Waals surface area contributed by atoms with Gasteiger partial charge in [-0.05, 0) is 0 Å². The molecule has 0 amide bonds. The predicted molar refractivity (Wildman–Crippen MR) is 29.0 cm³/mol. The molecule has 0 aromatic carbocycles. The zero-order chi connectivity index (χ0) is 5.54. The van der Waals surface area contributed by atoms with Crippen LogP contribution >= 0.6 is 0 Å². The molecule has 0 rings (SSSR count). The zero-order valence-corrected chi connectivity index (χ0v) is 4.94. The standard InChI is InChI=1S/C6H13O/c1-2-3-4-5-6-7/h2-6H2,1H3/q-1. The van der Waals surface area contributed by atoms with Crippen LogP contribution in [-0.2, 0) is 0 Å². The monoisotopic (exact) mass is 101 g/mol. The van der Waals surface area contributed by atoms with E-state index in [1.54, 1.807) is 0 Å². The van der Waals surface area contributed by atoms with Crippen molar-refractivity contribution in [3.63, 3.8) is 0 Å². The summed E-state index contributed by atoms with van der Waals surface area (Å²) in [7, 11) is 0. The Morgan fingerprint density at radius 3 is 2.29 bits per heavy atom. The fraction of sp³-hybridized carbons (Fsp3) is 1.00. The van der Waals surface area contributed by atoms with Crippen LogP contribution in [0.3, 0.4) is 0 Å². The summed E-state index contributed by atoms with van der Waals surface area (Å²) in [6, 6.07) is 0. The molecule has 0 bridgehead atoms. The van der Waals surface area contributed by atoms with Gasteiger partial charge in [0.2, 0.25) is 0 Å². The molecular weight excluding hydrogens is 88.1 g/mol. The third-order valence-electron chi connectivity index (χ3n) is 0.998. The van der Waals surface area contributed by atoms with E-state index in [4.69, 9.17) is 0 Å². The number of unbranched alkanes of at least 4 members (excludes halogenated alkanes) is 3. The first kappa shape index (κ1) is 6.96. The third-order valence-corrected chi connectivity index (χ3v) is 0.998. The lowest BCUT2D eigenvalue weighted by Crippen LogP contribution is -2.04. The van der Waals surface area contributed by atoms with E-state index in [0.29, 0.717) is 0 Å². The van der Waals surface area contributed by atoms with Crippen LogP contribution in [0.4, 0.5) is 0 Å². The highest BCUT2D eigenvalue weighted by Gasteiger charge is 1.77. The van der Waals surface area contributed by atoms with E-state index in [1.165, 1.54) is 12.8 Å². The molecule has 1 heteroatoms. The van der Waals surface area contributed by atoms with E-state index in [2.05, 4.69) is 6.92 Å². The van der Waals surface area contributed by atoms with Crippen molar-refractivity contribution in [2.75, 3.05) is 6.61 Å². The predicted octanol–water partition coefficient (Wildman–Crippen LogP) is 0.927. The fourth-order valence-electron chi connectivity index (χ4n) is 0.529. The maximum absolute atomic E-state index is 9.80. The number of hydrogen-bond donors (Lipinski definition) is 0. The molecule has 0 atom stereocenters. The SMILES string of the molecule is CCCCCC[O-]. The number of rotatable bonds is 4. The van der Waals surface area contributed by atoms with Gasteiger partial charge >= 0.3 is 0 Å². The Bertz CT molecular complexity index is 23.4. The van der Waals surface area contributed by atoms with Crippen molar-refractivity contribution in [3.8, 4) is 0 Å². The minimum absolute atomic E-state index is 0.111. The maximum Gasteiger partial charge on any atom is -0.0536 e. The highest BCUT2D eigenvalue weighted by Crippen LogP contribution is 1.95. The molecule has 0 radical (unpaired) electrons. The molecule has 0 aromatic rings. The maximum atomic E-state index is 9.80. The highest BCUT2D eigenvalue weighted by atomic mass is 16.2. The van der Waals surface area contributed by atoms with Crippen molar-refractivity contribution in [1.29, 1.82) is 0 Å². The lowest BCUT2D eigenvalue weighted by Gasteiger charge is -1.99. The highest BCUT2D eigenvalue weighted by molar-refractivity contribution is 4.35. The summed E-state index contributed by atoms with van der Waals surface area (Å²) in [5, 5.41) is 9.80. The van der Waals surface area contributed by atoms with Crippen molar-refractivity contribution in [2.24, 2.45) is 0 Å². The van der Waals surface area contributed by atoms with E-state index >= 15 is 0 Å². The van der Waals surface area contributed by atoms with Gasteiger partial charge in [0, 0.05) is 0 Å². The van der Waals surface area contributed by atoms with Crippen LogP contribution in [0, 0.1) is 0 Å². The Morgan fingerprint density at radius 2 is 1.86 bits per heavy atom. The third kappa shape index (κ3) is 5.96. The topological polar surface area (TPSA) is 23.1 Å². The lowest BCUT2D eigenvalue weighted by molar-refractivity contribution is -0.368. The molecule has 0 fully saturated rings. The Morgan fingerprint density at radius 1 is 1.14 bits per heavy atom. The summed E-state index contributed by atoms with van der Waals surface area (Å²) in [4.78, 5) is 0. The van der Waals surface area contributed by atoms with Crippen molar-refractivity contribution in [2.45, 2.75) is 32.6 Å². The van der Waals surface area contributed by atoms with Crippen molar-refractivity contribution < 1.29 is 5.11 Å². The second-order valence-corrected chi connectivity index (χ2v) is 1.76. The molecule has 0 aromatic heterocycles. The van der Waals surface area contributed by atoms with Gasteiger partial charge in [0.1, 0.15) is 0 Å². The normalized spacial score (nSPS) is 9.43. The molecule has 0 aliphatic carbocycles. The molecule has 1 nitrogen and oxygen atoms in total. The molecule has 0 unspecified atom stereocenters. The summed E-state index contributed by atoms with van der Waals surface area (Å²) in [6.07, 6.45) is 4.44. The molecule has 0 N–H and O–H groups in total. The van der Waals surface area contributed by atoms with E-state index < -0.39 is 0 Å². The fourth-order valence-corrected chi connectivity index (χ4v) is 0.529. The summed E-state index contributed by atoms with van der Waals surface area (Å²) < 4.78 is 0. The van der Waals surface area contributed by atoms with Crippen LogP contribution in [-0.4, -0.2) is 6.61 Å². The van der Waals surface area contributed by atoms with Gasteiger partial charge in [0.25, 0.3) is 0 Å². The summed E-state index contributed by atoms with van der Waals surface area (Å²) in [5.74, 6) is 0. The Balaban J connectivity index is 2.45. The summed E-state index contributed by atoms with van der Waals surface area (Å²) in [6.45, 7) is 2.25. The first-order valence-electron chi connectivity index (χ1n) is 3.00. The first-order valence-corrected chi connectivity index (χ1v) is 3.00. The number of hydrogen-bond acceptors (Lipinski definition) is 1. The molecule has 0 aliphatic rings. The van der Waals surface area contributed by atoms with Gasteiger partial charge in [-0.2, -0.15) is 0 Å². The summed E-state index contributed by atoms with van der Waals surface area (Å²) in [5.41, 5.74) is 0. The molecule has 7 heavy (non-hydrogen) atoms. The lowest BCUT2D eigenvalue weighted by atomic mass is 10.2. The van der Waals surface area contributed by atoms with Crippen LogP contribution < -0.4 is 5.11 Å². The minimum Gasteiger partial charge on any atom is -0.854 e. The van der Waals surface area contributed by atoms with Crippen molar-refractivity contribution >= 4 is 0 Å². The van der Waals surface area contributed by atoms with E-state index in [0.717, 1.165) is 12.8 Å². The van der Waals surface area contributed by atoms with Gasteiger partial charge in [0.15, 0.2) is 0 Å². The first-order chi connectivity index (χ1) is 3.41. The molecule has 44 valence electrons. The van der Waals surface area contributed by atoms with Gasteiger partial charge in [0.05, 0.1) is 0 Å². The average molecular weight is 101 g/mol. The van der Waals surface area contributed by atoms with E-state index in [-0.39, 0.29) is 6.61 Å². The van der Waals surface area contributed by atoms with Gasteiger partial charge in [-0.25, -0.2) is 0 Å². The minimum atomic E-state index is 0.111. The second-order valence-electron chi connectivity index (χ2n) is 1.76. The molecule has 0 saturated heterocycles. The van der Waals surface area contributed by atoms with Gasteiger partial charge in [-0.1, -0.05) is 32.6 Å². The Labute approximate surface area is 45.4 Å². The average Bonchev–Trinajstić information content (AvgIpc) is 1.69. The Hall–Kier alpha value is -0.0400. The van der Waals surface area contributed by atoms with Crippen LogP contribution in [0.25, 0.3) is 0 Å². The molecule has 0 aliphatic heterocycles. The second kappa shape index (κ2) is 5.96. The Kier molecular flexibility index (Phi) is 5.93. The molecular formula is C6H13O-. The van der Waals surface area contributed by atoms with Crippen LogP contribution in [0.2, 0.25) is 0 Å². The van der Waals surface area contributed by atoms with E-state index in [9.17, 15) is 5.11 Å². The van der Waals surface area contributed by atoms with Crippen molar-refractivity contribution in [3.05, 3.63) is 0 Å². The van der Waals surface area contributed by atoms with Gasteiger partial charge < -0.3 is 5.11 Å². The molecule has 0 saturated carbocycles.